The highest BCUT2D eigenvalue weighted by molar-refractivity contribution is 6.02. The molecule has 2 fully saturated rings. The predicted octanol–water partition coefficient (Wildman–Crippen LogP) is 1.45. The van der Waals surface area contributed by atoms with Gasteiger partial charge < -0.3 is 15.3 Å². The number of urea groups is 1. The highest BCUT2D eigenvalue weighted by Crippen LogP contribution is 2.39. The minimum atomic E-state index is -0.731. The van der Waals surface area contributed by atoms with E-state index in [9.17, 15) is 9.90 Å². The van der Waals surface area contributed by atoms with E-state index < -0.39 is 5.54 Å². The maximum absolute atomic E-state index is 12.3. The molecule has 2 atom stereocenters. The summed E-state index contributed by atoms with van der Waals surface area (Å²) in [5, 5.41) is 15.8. The molecule has 1 spiro atoms. The van der Waals surface area contributed by atoms with Gasteiger partial charge in [-0.05, 0) is 43.1 Å². The van der Waals surface area contributed by atoms with Crippen LogP contribution < -0.4 is 10.4 Å². The zero-order valence-corrected chi connectivity index (χ0v) is 12.5. The molecule has 4 rings (SSSR count). The zero-order valence-electron chi connectivity index (χ0n) is 12.5. The van der Waals surface area contributed by atoms with Crippen molar-refractivity contribution in [2.24, 2.45) is 10.9 Å². The Balaban J connectivity index is 1.52. The number of rotatable bonds is 3. The van der Waals surface area contributed by atoms with Crippen molar-refractivity contribution in [1.82, 2.24) is 10.2 Å². The molecule has 5 heteroatoms. The summed E-state index contributed by atoms with van der Waals surface area (Å²) in [5.74, 6) is 0.311. The van der Waals surface area contributed by atoms with Crippen LogP contribution in [0.1, 0.15) is 37.3 Å². The van der Waals surface area contributed by atoms with E-state index in [1.54, 1.807) is 4.90 Å². The number of carbonyl (C=O) groups is 1. The van der Waals surface area contributed by atoms with Gasteiger partial charge in [0.15, 0.2) is 0 Å². The SMILES string of the molecule is O=C1N=C([O-])C2(CC[C@@H](c3ccccc3)NC2)N1CC1CC1. The topological polar surface area (TPSA) is 67.8 Å². The van der Waals surface area contributed by atoms with Gasteiger partial charge in [-0.25, -0.2) is 9.79 Å². The summed E-state index contributed by atoms with van der Waals surface area (Å²) in [6.07, 6.45) is 3.86. The van der Waals surface area contributed by atoms with Crippen LogP contribution in [0.15, 0.2) is 35.3 Å². The van der Waals surface area contributed by atoms with Crippen LogP contribution in [0.25, 0.3) is 0 Å². The van der Waals surface area contributed by atoms with Crippen LogP contribution >= 0.6 is 0 Å². The van der Waals surface area contributed by atoms with Crippen molar-refractivity contribution in [2.45, 2.75) is 37.3 Å². The molecule has 0 aromatic heterocycles. The number of hydrogen-bond acceptors (Lipinski definition) is 3. The number of piperidine rings is 1. The molecule has 1 aromatic carbocycles. The van der Waals surface area contributed by atoms with E-state index in [0.29, 0.717) is 25.4 Å². The third-order valence-corrected chi connectivity index (χ3v) is 5.17. The Hall–Kier alpha value is -1.88. The normalized spacial score (nSPS) is 31.6. The molecule has 2 amide bonds. The van der Waals surface area contributed by atoms with Gasteiger partial charge in [-0.15, -0.1) is 0 Å². The van der Waals surface area contributed by atoms with E-state index in [4.69, 9.17) is 0 Å². The third kappa shape index (κ3) is 2.20. The Morgan fingerprint density at radius 1 is 1.27 bits per heavy atom. The summed E-state index contributed by atoms with van der Waals surface area (Å²) in [4.78, 5) is 17.6. The van der Waals surface area contributed by atoms with Crippen LogP contribution in [-0.4, -0.2) is 35.5 Å². The predicted molar refractivity (Wildman–Crippen MR) is 81.4 cm³/mol. The molecule has 1 saturated heterocycles. The van der Waals surface area contributed by atoms with Gasteiger partial charge in [0, 0.05) is 19.1 Å². The molecule has 1 aromatic rings. The van der Waals surface area contributed by atoms with Crippen LogP contribution in [-0.2, 0) is 0 Å². The summed E-state index contributed by atoms with van der Waals surface area (Å²) in [6.45, 7) is 1.19. The van der Waals surface area contributed by atoms with Crippen molar-refractivity contribution in [3.05, 3.63) is 35.9 Å². The van der Waals surface area contributed by atoms with Gasteiger partial charge in [-0.3, -0.25) is 0 Å². The molecule has 2 aliphatic heterocycles. The Labute approximate surface area is 130 Å². The summed E-state index contributed by atoms with van der Waals surface area (Å²) in [6, 6.07) is 10.2. The first-order valence-electron chi connectivity index (χ1n) is 8.05. The first-order chi connectivity index (χ1) is 10.7. The Morgan fingerprint density at radius 2 is 2.05 bits per heavy atom. The molecule has 0 radical (unpaired) electrons. The van der Waals surface area contributed by atoms with Crippen molar-refractivity contribution < 1.29 is 9.90 Å². The van der Waals surface area contributed by atoms with Gasteiger partial charge in [0.2, 0.25) is 0 Å². The van der Waals surface area contributed by atoms with Gasteiger partial charge in [-0.1, -0.05) is 30.3 Å². The summed E-state index contributed by atoms with van der Waals surface area (Å²) >= 11 is 0. The molecule has 1 saturated carbocycles. The molecule has 22 heavy (non-hydrogen) atoms. The number of nitrogens with one attached hydrogen (secondary N) is 1. The summed E-state index contributed by atoms with van der Waals surface area (Å²) in [7, 11) is 0. The standard InChI is InChI=1S/C17H21N3O2/c21-15-17(20(16(22)19-15)10-12-6-7-12)9-8-14(18-11-17)13-4-2-1-3-5-13/h1-5,12,14,18H,6-11H2,(H,19,21,22)/p-1/t14-,17?/m0/s1. The van der Waals surface area contributed by atoms with Crippen molar-refractivity contribution in [3.8, 4) is 0 Å². The van der Waals surface area contributed by atoms with Gasteiger partial charge in [0.1, 0.15) is 0 Å². The van der Waals surface area contributed by atoms with Crippen LogP contribution in [0.5, 0.6) is 0 Å². The van der Waals surface area contributed by atoms with E-state index in [0.717, 1.165) is 19.3 Å². The molecular formula is C17H20N3O2-. The van der Waals surface area contributed by atoms with E-state index in [1.807, 2.05) is 18.2 Å². The average molecular weight is 298 g/mol. The van der Waals surface area contributed by atoms with E-state index in [-0.39, 0.29) is 18.0 Å². The van der Waals surface area contributed by atoms with E-state index in [2.05, 4.69) is 22.4 Å². The van der Waals surface area contributed by atoms with Crippen LogP contribution in [0.3, 0.4) is 0 Å². The zero-order chi connectivity index (χ0) is 15.2. The molecule has 2 heterocycles. The molecule has 1 unspecified atom stereocenters. The fraction of sp³-hybridized carbons (Fsp3) is 0.529. The number of nitrogens with zero attached hydrogens (tertiary/aromatic N) is 2. The first-order valence-corrected chi connectivity index (χ1v) is 8.05. The van der Waals surface area contributed by atoms with Crippen LogP contribution in [0, 0.1) is 5.92 Å². The van der Waals surface area contributed by atoms with Crippen molar-refractivity contribution in [3.63, 3.8) is 0 Å². The Kier molecular flexibility index (Phi) is 3.18. The van der Waals surface area contributed by atoms with Crippen molar-refractivity contribution in [1.29, 1.82) is 0 Å². The molecule has 1 aliphatic carbocycles. The fourth-order valence-electron chi connectivity index (χ4n) is 3.61. The minimum Gasteiger partial charge on any atom is -0.860 e. The van der Waals surface area contributed by atoms with Crippen molar-refractivity contribution >= 4 is 11.9 Å². The molecule has 1 N–H and O–H groups in total. The maximum atomic E-state index is 12.3. The molecule has 5 nitrogen and oxygen atoms in total. The smallest absolute Gasteiger partial charge is 0.343 e. The second-order valence-corrected chi connectivity index (χ2v) is 6.67. The Bertz CT molecular complexity index is 602. The largest absolute Gasteiger partial charge is 0.860 e. The number of aliphatic imine (C=N–C) groups is 1. The molecular weight excluding hydrogens is 278 g/mol. The maximum Gasteiger partial charge on any atom is 0.343 e. The molecule has 116 valence electrons. The second kappa shape index (κ2) is 5.09. The number of carbonyl (C=O) groups excluding carboxylic acids is 1. The van der Waals surface area contributed by atoms with Gasteiger partial charge in [0.05, 0.1) is 5.54 Å². The molecule has 3 aliphatic rings. The van der Waals surface area contributed by atoms with Crippen LogP contribution in [0.2, 0.25) is 0 Å². The lowest BCUT2D eigenvalue weighted by atomic mass is 9.83. The van der Waals surface area contributed by atoms with Gasteiger partial charge >= 0.3 is 6.03 Å². The summed E-state index contributed by atoms with van der Waals surface area (Å²) in [5.41, 5.74) is 0.505. The quantitative estimate of drug-likeness (QED) is 0.918. The minimum absolute atomic E-state index is 0.248. The number of benzene rings is 1. The lowest BCUT2D eigenvalue weighted by molar-refractivity contribution is -0.229. The van der Waals surface area contributed by atoms with Crippen molar-refractivity contribution in [2.75, 3.05) is 13.1 Å². The lowest BCUT2D eigenvalue weighted by Crippen LogP contribution is -2.63. The average Bonchev–Trinajstić information content (AvgIpc) is 3.34. The number of hydrogen-bond donors (Lipinski definition) is 1. The first kappa shape index (κ1) is 13.8. The fourth-order valence-corrected chi connectivity index (χ4v) is 3.61. The lowest BCUT2D eigenvalue weighted by Gasteiger charge is -2.46. The Morgan fingerprint density at radius 3 is 2.68 bits per heavy atom. The van der Waals surface area contributed by atoms with E-state index in [1.165, 1.54) is 5.56 Å². The summed E-state index contributed by atoms with van der Waals surface area (Å²) < 4.78 is 0. The van der Waals surface area contributed by atoms with Crippen LogP contribution in [0.4, 0.5) is 4.79 Å². The number of amides is 2. The van der Waals surface area contributed by atoms with Gasteiger partial charge in [-0.2, -0.15) is 0 Å². The highest BCUT2D eigenvalue weighted by Gasteiger charge is 2.48. The monoisotopic (exact) mass is 298 g/mol. The third-order valence-electron chi connectivity index (χ3n) is 5.17. The van der Waals surface area contributed by atoms with E-state index >= 15 is 0 Å². The highest BCUT2D eigenvalue weighted by atomic mass is 16.3. The second-order valence-electron chi connectivity index (χ2n) is 6.67. The van der Waals surface area contributed by atoms with Gasteiger partial charge in [0.25, 0.3) is 0 Å². The molecule has 0 bridgehead atoms.